The van der Waals surface area contributed by atoms with Crippen molar-refractivity contribution in [3.63, 3.8) is 0 Å². The fraction of sp³-hybridized carbons (Fsp3) is 0.700. The molecule has 10 N–H and O–H groups in total. The van der Waals surface area contributed by atoms with Gasteiger partial charge in [-0.1, -0.05) is 6.58 Å². The van der Waals surface area contributed by atoms with Crippen LogP contribution in [0.25, 0.3) is 0 Å². The predicted molar refractivity (Wildman–Crippen MR) is 77.1 cm³/mol. The van der Waals surface area contributed by atoms with Crippen LogP contribution < -0.4 is 0 Å². The highest BCUT2D eigenvalue weighted by molar-refractivity contribution is 7.45. The zero-order valence-corrected chi connectivity index (χ0v) is 13.3. The first-order chi connectivity index (χ1) is 10.3. The van der Waals surface area contributed by atoms with E-state index in [4.69, 9.17) is 55.0 Å². The Hall–Kier alpha value is -0.920. The van der Waals surface area contributed by atoms with Gasteiger partial charge in [0.2, 0.25) is 0 Å². The Morgan fingerprint density at radius 3 is 1.04 bits per heavy atom. The number of phosphoric acid groups is 1. The Morgan fingerprint density at radius 2 is 1.04 bits per heavy atom. The molecule has 0 rings (SSSR count). The summed E-state index contributed by atoms with van der Waals surface area (Å²) in [6, 6.07) is 0. The third-order valence-corrected chi connectivity index (χ3v) is 1.21. The molecule has 0 aromatic carbocycles. The Labute approximate surface area is 132 Å². The maximum absolute atomic E-state index is 9.60. The molecule has 13 heteroatoms. The van der Waals surface area contributed by atoms with Gasteiger partial charge in [0.1, 0.15) is 12.2 Å². The van der Waals surface area contributed by atoms with Gasteiger partial charge >= 0.3 is 13.8 Å². The summed E-state index contributed by atoms with van der Waals surface area (Å²) >= 11 is 0. The molecule has 142 valence electrons. The van der Waals surface area contributed by atoms with Crippen molar-refractivity contribution in [3.05, 3.63) is 12.2 Å². The van der Waals surface area contributed by atoms with Crippen molar-refractivity contribution in [1.29, 1.82) is 0 Å². The van der Waals surface area contributed by atoms with Crippen LogP contribution in [0.2, 0.25) is 0 Å². The lowest BCUT2D eigenvalue weighted by Gasteiger charge is -1.96. The Bertz CT molecular complexity index is 290. The highest BCUT2D eigenvalue weighted by atomic mass is 31.2. The van der Waals surface area contributed by atoms with Crippen LogP contribution in [-0.4, -0.2) is 95.0 Å². The van der Waals surface area contributed by atoms with E-state index in [-0.39, 0.29) is 32.0 Å². The number of carboxylic acid groups (broad SMARTS) is 1. The predicted octanol–water partition coefficient (Wildman–Crippen LogP) is -3.62. The summed E-state index contributed by atoms with van der Waals surface area (Å²) in [5.74, 6) is -0.935. The molecule has 0 aromatic heterocycles. The second kappa shape index (κ2) is 19.1. The van der Waals surface area contributed by atoms with Gasteiger partial charge in [-0.15, -0.1) is 0 Å². The average Bonchev–Trinajstić information content (AvgIpc) is 2.44. The minimum absolute atomic E-state index is 0.176. The van der Waals surface area contributed by atoms with E-state index in [0.717, 1.165) is 0 Å². The lowest BCUT2D eigenvalue weighted by molar-refractivity contribution is -0.132. The SMILES string of the molecule is C=C(C)C(=O)O.O=P(O)(O)O.OCC(O)CO.OCC(O)CO. The standard InChI is InChI=1S/C4H6O2.2C3H8O3.H3O4P/c1-3(2)4(5)6;2*4-1-3(6)2-5;1-5(2,3)4/h1H2,2H3,(H,5,6);2*3-6H,1-2H2;(H3,1,2,3,4). The molecule has 0 atom stereocenters. The summed E-state index contributed by atoms with van der Waals surface area (Å²) in [5.41, 5.74) is 0.176. The van der Waals surface area contributed by atoms with Crippen molar-refractivity contribution in [1.82, 2.24) is 0 Å². The number of aliphatic hydroxyl groups is 6. The number of hydrogen-bond donors (Lipinski definition) is 10. The second-order valence-corrected chi connectivity index (χ2v) is 4.66. The van der Waals surface area contributed by atoms with Crippen molar-refractivity contribution < 1.29 is 59.8 Å². The van der Waals surface area contributed by atoms with Crippen molar-refractivity contribution in [2.24, 2.45) is 0 Å². The molecule has 0 amide bonds. The lowest BCUT2D eigenvalue weighted by Crippen LogP contribution is -2.15. The molecule has 0 saturated carbocycles. The van der Waals surface area contributed by atoms with E-state index in [0.29, 0.717) is 0 Å². The van der Waals surface area contributed by atoms with Crippen LogP contribution >= 0.6 is 7.82 Å². The van der Waals surface area contributed by atoms with E-state index < -0.39 is 26.0 Å². The molecule has 0 aliphatic carbocycles. The maximum atomic E-state index is 9.60. The van der Waals surface area contributed by atoms with E-state index in [2.05, 4.69) is 6.58 Å². The molecule has 0 aromatic rings. The van der Waals surface area contributed by atoms with Gasteiger partial charge in [-0.05, 0) is 6.92 Å². The number of carboxylic acids is 1. The molecule has 0 aliphatic heterocycles. The van der Waals surface area contributed by atoms with Gasteiger partial charge < -0.3 is 50.4 Å². The molecule has 12 nitrogen and oxygen atoms in total. The third-order valence-electron chi connectivity index (χ3n) is 1.21. The molecule has 0 unspecified atom stereocenters. The van der Waals surface area contributed by atoms with Crippen molar-refractivity contribution >= 4 is 13.8 Å². The fourth-order valence-electron chi connectivity index (χ4n) is 0.115. The van der Waals surface area contributed by atoms with E-state index >= 15 is 0 Å². The largest absolute Gasteiger partial charge is 0.478 e. The van der Waals surface area contributed by atoms with Gasteiger partial charge in [-0.3, -0.25) is 0 Å². The monoisotopic (exact) mass is 368 g/mol. The number of rotatable bonds is 5. The molecule has 0 spiro atoms. The van der Waals surface area contributed by atoms with Crippen LogP contribution in [0, 0.1) is 0 Å². The summed E-state index contributed by atoms with van der Waals surface area (Å²) < 4.78 is 8.88. The van der Waals surface area contributed by atoms with Crippen LogP contribution in [0.4, 0.5) is 0 Å². The van der Waals surface area contributed by atoms with Crippen LogP contribution in [0.3, 0.4) is 0 Å². The van der Waals surface area contributed by atoms with Crippen LogP contribution in [0.15, 0.2) is 12.2 Å². The number of hydrogen-bond acceptors (Lipinski definition) is 8. The number of aliphatic carboxylic acids is 1. The van der Waals surface area contributed by atoms with Crippen LogP contribution in [0.1, 0.15) is 6.92 Å². The average molecular weight is 368 g/mol. The van der Waals surface area contributed by atoms with Crippen LogP contribution in [0.5, 0.6) is 0 Å². The first kappa shape index (κ1) is 30.0. The lowest BCUT2D eigenvalue weighted by atomic mass is 10.4. The molecule has 0 saturated heterocycles. The Morgan fingerprint density at radius 1 is 0.913 bits per heavy atom. The zero-order chi connectivity index (χ0) is 19.6. The van der Waals surface area contributed by atoms with Crippen molar-refractivity contribution in [2.45, 2.75) is 19.1 Å². The van der Waals surface area contributed by atoms with E-state index in [1.165, 1.54) is 6.92 Å². The van der Waals surface area contributed by atoms with E-state index in [1.54, 1.807) is 0 Å². The smallest absolute Gasteiger partial charge is 0.466 e. The molecule has 0 fully saturated rings. The molecular formula is C10H25O12P. The summed E-state index contributed by atoms with van der Waals surface area (Å²) in [5, 5.41) is 55.9. The topological polar surface area (TPSA) is 236 Å². The summed E-state index contributed by atoms with van der Waals surface area (Å²) in [6.07, 6.45) is -1.91. The molecule has 0 aliphatic rings. The molecule has 0 heterocycles. The molecule has 0 bridgehead atoms. The van der Waals surface area contributed by atoms with Crippen LogP contribution in [-0.2, 0) is 9.36 Å². The number of aliphatic hydroxyl groups excluding tert-OH is 6. The quantitative estimate of drug-likeness (QED) is 0.167. The zero-order valence-electron chi connectivity index (χ0n) is 12.4. The first-order valence-electron chi connectivity index (χ1n) is 5.73. The van der Waals surface area contributed by atoms with Crippen molar-refractivity contribution in [2.75, 3.05) is 26.4 Å². The minimum atomic E-state index is -4.64. The highest BCUT2D eigenvalue weighted by Crippen LogP contribution is 2.25. The molecular weight excluding hydrogens is 343 g/mol. The molecule has 0 radical (unpaired) electrons. The van der Waals surface area contributed by atoms with E-state index in [9.17, 15) is 4.79 Å². The Kier molecular flexibility index (Phi) is 25.0. The van der Waals surface area contributed by atoms with Gasteiger partial charge in [0.15, 0.2) is 0 Å². The number of carbonyl (C=O) groups is 1. The summed E-state index contributed by atoms with van der Waals surface area (Å²) in [6.45, 7) is 3.14. The normalized spacial score (nSPS) is 9.74. The van der Waals surface area contributed by atoms with Gasteiger partial charge in [0.05, 0.1) is 26.4 Å². The van der Waals surface area contributed by atoms with Gasteiger partial charge in [-0.25, -0.2) is 9.36 Å². The fourth-order valence-corrected chi connectivity index (χ4v) is 0.115. The van der Waals surface area contributed by atoms with Gasteiger partial charge in [-0.2, -0.15) is 0 Å². The molecule has 23 heavy (non-hydrogen) atoms. The maximum Gasteiger partial charge on any atom is 0.466 e. The first-order valence-corrected chi connectivity index (χ1v) is 7.29. The highest BCUT2D eigenvalue weighted by Gasteiger charge is 2.00. The van der Waals surface area contributed by atoms with Crippen molar-refractivity contribution in [3.8, 4) is 0 Å². The minimum Gasteiger partial charge on any atom is -0.478 e. The van der Waals surface area contributed by atoms with Gasteiger partial charge in [0, 0.05) is 5.57 Å². The van der Waals surface area contributed by atoms with E-state index in [1.807, 2.05) is 0 Å². The third kappa shape index (κ3) is 62.5. The van der Waals surface area contributed by atoms with Gasteiger partial charge in [0.25, 0.3) is 0 Å². The summed E-state index contributed by atoms with van der Waals surface area (Å²) in [7, 11) is -4.64. The summed E-state index contributed by atoms with van der Waals surface area (Å²) in [4.78, 5) is 31.2. The second-order valence-electron chi connectivity index (χ2n) is 3.64. The Balaban J connectivity index is -0.000000105.